The second-order valence-corrected chi connectivity index (χ2v) is 4.56. The van der Waals surface area contributed by atoms with Crippen molar-refractivity contribution < 1.29 is 4.74 Å². The monoisotopic (exact) mass is 256 g/mol. The molecule has 0 bridgehead atoms. The lowest BCUT2D eigenvalue weighted by Gasteiger charge is -2.12. The van der Waals surface area contributed by atoms with E-state index in [0.717, 1.165) is 22.6 Å². The number of fused-ring (bicyclic) bond motifs is 1. The molecule has 1 atom stereocenters. The number of thiocarbonyl (C=S) groups is 1. The number of hydrogen-bond acceptors (Lipinski definition) is 3. The Morgan fingerprint density at radius 3 is 2.50 bits per heavy atom. The van der Waals surface area contributed by atoms with Crippen LogP contribution in [0.3, 0.4) is 0 Å². The summed E-state index contributed by atoms with van der Waals surface area (Å²) >= 11 is 4.93. The van der Waals surface area contributed by atoms with Gasteiger partial charge in [0.25, 0.3) is 0 Å². The lowest BCUT2D eigenvalue weighted by atomic mass is 10.1. The molecular formula is C14H12N2OS. The average molecular weight is 256 g/mol. The van der Waals surface area contributed by atoms with Crippen molar-refractivity contribution in [1.29, 1.82) is 0 Å². The third-order valence-electron chi connectivity index (χ3n) is 2.92. The zero-order valence-electron chi connectivity index (χ0n) is 9.59. The molecule has 2 aromatic rings. The van der Waals surface area contributed by atoms with E-state index < -0.39 is 0 Å². The number of nitrogens with two attached hydrogens (primary N) is 1. The average Bonchev–Trinajstić information content (AvgIpc) is 2.82. The van der Waals surface area contributed by atoms with Crippen molar-refractivity contribution in [3.8, 4) is 5.75 Å². The van der Waals surface area contributed by atoms with Gasteiger partial charge in [0.15, 0.2) is 6.23 Å². The minimum absolute atomic E-state index is 0.150. The first-order chi connectivity index (χ1) is 8.74. The summed E-state index contributed by atoms with van der Waals surface area (Å²) in [4.78, 5) is 0.408. The van der Waals surface area contributed by atoms with Gasteiger partial charge < -0.3 is 15.8 Å². The third kappa shape index (κ3) is 1.91. The van der Waals surface area contributed by atoms with E-state index in [9.17, 15) is 0 Å². The number of ether oxygens (including phenoxy) is 1. The van der Waals surface area contributed by atoms with Gasteiger partial charge in [-0.3, -0.25) is 0 Å². The molecule has 0 radical (unpaired) electrons. The van der Waals surface area contributed by atoms with Crippen LogP contribution in [-0.2, 0) is 0 Å². The first-order valence-electron chi connectivity index (χ1n) is 5.66. The summed E-state index contributed by atoms with van der Waals surface area (Å²) in [7, 11) is 0. The predicted octanol–water partition coefficient (Wildman–Crippen LogP) is 2.82. The highest BCUT2D eigenvalue weighted by atomic mass is 32.1. The van der Waals surface area contributed by atoms with Crippen molar-refractivity contribution in [1.82, 2.24) is 0 Å². The van der Waals surface area contributed by atoms with Gasteiger partial charge in [-0.05, 0) is 12.1 Å². The maximum atomic E-state index is 5.82. The molecule has 1 aliphatic heterocycles. The summed E-state index contributed by atoms with van der Waals surface area (Å²) in [5.41, 5.74) is 8.50. The van der Waals surface area contributed by atoms with E-state index in [0.29, 0.717) is 4.99 Å². The van der Waals surface area contributed by atoms with Crippen molar-refractivity contribution in [3.05, 3.63) is 59.7 Å². The summed E-state index contributed by atoms with van der Waals surface area (Å²) < 4.78 is 5.82. The predicted molar refractivity (Wildman–Crippen MR) is 75.8 cm³/mol. The first kappa shape index (κ1) is 11.0. The topological polar surface area (TPSA) is 47.3 Å². The second-order valence-electron chi connectivity index (χ2n) is 4.12. The highest BCUT2D eigenvalue weighted by Crippen LogP contribution is 2.37. The molecule has 3 N–H and O–H groups in total. The number of benzene rings is 2. The first-order valence-corrected chi connectivity index (χ1v) is 6.07. The minimum atomic E-state index is -0.150. The fourth-order valence-electron chi connectivity index (χ4n) is 1.96. The van der Waals surface area contributed by atoms with E-state index in [2.05, 4.69) is 5.32 Å². The Bertz CT molecular complexity index is 570. The molecule has 18 heavy (non-hydrogen) atoms. The normalized spacial score (nSPS) is 16.6. The maximum absolute atomic E-state index is 5.82. The smallest absolute Gasteiger partial charge is 0.196 e. The summed E-state index contributed by atoms with van der Waals surface area (Å²) in [5, 5.41) is 3.31. The quantitative estimate of drug-likeness (QED) is 0.811. The van der Waals surface area contributed by atoms with Gasteiger partial charge in [-0.2, -0.15) is 0 Å². The highest BCUT2D eigenvalue weighted by molar-refractivity contribution is 7.80. The SMILES string of the molecule is NC(=S)c1ccc([C@H]2Nc3ccccc3O2)cc1. The van der Waals surface area contributed by atoms with Gasteiger partial charge >= 0.3 is 0 Å². The lowest BCUT2D eigenvalue weighted by molar-refractivity contribution is 0.260. The van der Waals surface area contributed by atoms with Crippen LogP contribution in [0.1, 0.15) is 17.4 Å². The molecule has 3 rings (SSSR count). The molecule has 0 spiro atoms. The van der Waals surface area contributed by atoms with Crippen LogP contribution in [0, 0.1) is 0 Å². The van der Waals surface area contributed by atoms with Gasteiger partial charge in [-0.1, -0.05) is 48.6 Å². The molecule has 4 heteroatoms. The van der Waals surface area contributed by atoms with Crippen molar-refractivity contribution in [2.45, 2.75) is 6.23 Å². The Morgan fingerprint density at radius 2 is 1.83 bits per heavy atom. The van der Waals surface area contributed by atoms with Gasteiger partial charge in [0.2, 0.25) is 0 Å². The van der Waals surface area contributed by atoms with Crippen molar-refractivity contribution >= 4 is 22.9 Å². The van der Waals surface area contributed by atoms with Crippen LogP contribution in [0.15, 0.2) is 48.5 Å². The molecule has 0 unspecified atom stereocenters. The van der Waals surface area contributed by atoms with Crippen LogP contribution in [0.5, 0.6) is 5.75 Å². The molecule has 90 valence electrons. The Labute approximate surface area is 111 Å². The number of nitrogens with one attached hydrogen (secondary N) is 1. The molecule has 0 saturated carbocycles. The Balaban J connectivity index is 1.84. The van der Waals surface area contributed by atoms with Crippen molar-refractivity contribution in [3.63, 3.8) is 0 Å². The van der Waals surface area contributed by atoms with Crippen molar-refractivity contribution in [2.24, 2.45) is 5.73 Å². The van der Waals surface area contributed by atoms with E-state index in [1.54, 1.807) is 0 Å². The molecule has 0 aromatic heterocycles. The standard InChI is InChI=1S/C14H12N2OS/c15-13(18)9-5-7-10(8-6-9)14-16-11-3-1-2-4-12(11)17-14/h1-8,14,16H,(H2,15,18)/t14-/m0/s1. The summed E-state index contributed by atoms with van der Waals surface area (Å²) in [6.07, 6.45) is -0.150. The van der Waals surface area contributed by atoms with Crippen molar-refractivity contribution in [2.75, 3.05) is 5.32 Å². The van der Waals surface area contributed by atoms with E-state index in [1.165, 1.54) is 0 Å². The van der Waals surface area contributed by atoms with Crippen LogP contribution in [0.2, 0.25) is 0 Å². The Morgan fingerprint density at radius 1 is 1.11 bits per heavy atom. The van der Waals surface area contributed by atoms with Crippen LogP contribution in [0.25, 0.3) is 0 Å². The molecule has 0 aliphatic carbocycles. The molecule has 3 nitrogen and oxygen atoms in total. The van der Waals surface area contributed by atoms with E-state index in [1.807, 2.05) is 48.5 Å². The van der Waals surface area contributed by atoms with E-state index >= 15 is 0 Å². The third-order valence-corrected chi connectivity index (χ3v) is 3.15. The van der Waals surface area contributed by atoms with Crippen LogP contribution in [0.4, 0.5) is 5.69 Å². The molecular weight excluding hydrogens is 244 g/mol. The van der Waals surface area contributed by atoms with E-state index in [-0.39, 0.29) is 6.23 Å². The zero-order valence-corrected chi connectivity index (χ0v) is 10.4. The zero-order chi connectivity index (χ0) is 12.5. The molecule has 0 saturated heterocycles. The summed E-state index contributed by atoms with van der Waals surface area (Å²) in [5.74, 6) is 0.876. The summed E-state index contributed by atoms with van der Waals surface area (Å²) in [6.45, 7) is 0. The van der Waals surface area contributed by atoms with Gasteiger partial charge in [0.1, 0.15) is 10.7 Å². The second kappa shape index (κ2) is 4.31. The molecule has 0 amide bonds. The number of anilines is 1. The minimum Gasteiger partial charge on any atom is -0.464 e. The fourth-order valence-corrected chi connectivity index (χ4v) is 2.10. The highest BCUT2D eigenvalue weighted by Gasteiger charge is 2.22. The largest absolute Gasteiger partial charge is 0.464 e. The van der Waals surface area contributed by atoms with Crippen LogP contribution >= 0.6 is 12.2 Å². The summed E-state index contributed by atoms with van der Waals surface area (Å²) in [6, 6.07) is 15.6. The molecule has 1 heterocycles. The molecule has 2 aromatic carbocycles. The number of hydrogen-bond donors (Lipinski definition) is 2. The van der Waals surface area contributed by atoms with Crippen LogP contribution < -0.4 is 15.8 Å². The maximum Gasteiger partial charge on any atom is 0.196 e. The lowest BCUT2D eigenvalue weighted by Crippen LogP contribution is -2.12. The van der Waals surface area contributed by atoms with E-state index in [4.69, 9.17) is 22.7 Å². The fraction of sp³-hybridized carbons (Fsp3) is 0.0714. The Hall–Kier alpha value is -2.07. The number of para-hydroxylation sites is 2. The molecule has 1 aliphatic rings. The van der Waals surface area contributed by atoms with Gasteiger partial charge in [-0.15, -0.1) is 0 Å². The van der Waals surface area contributed by atoms with Crippen LogP contribution in [-0.4, -0.2) is 4.99 Å². The number of rotatable bonds is 2. The Kier molecular flexibility index (Phi) is 2.64. The van der Waals surface area contributed by atoms with Gasteiger partial charge in [0, 0.05) is 11.1 Å². The van der Waals surface area contributed by atoms with Gasteiger partial charge in [0.05, 0.1) is 5.69 Å². The van der Waals surface area contributed by atoms with Gasteiger partial charge in [-0.25, -0.2) is 0 Å². The molecule has 0 fully saturated rings.